The Morgan fingerprint density at radius 1 is 1.32 bits per heavy atom. The third kappa shape index (κ3) is 4.45. The first-order valence-corrected chi connectivity index (χ1v) is 11.7. The van der Waals surface area contributed by atoms with Crippen LogP contribution in [0.1, 0.15) is 39.0 Å². The van der Waals surface area contributed by atoms with Crippen LogP contribution in [0.4, 0.5) is 4.79 Å². The highest BCUT2D eigenvalue weighted by Gasteiger charge is 2.43. The summed E-state index contributed by atoms with van der Waals surface area (Å²) < 4.78 is 0. The van der Waals surface area contributed by atoms with E-state index in [9.17, 15) is 14.4 Å². The van der Waals surface area contributed by atoms with Crippen LogP contribution in [-0.4, -0.2) is 66.5 Å². The van der Waals surface area contributed by atoms with Crippen LogP contribution in [0.2, 0.25) is 0 Å². The van der Waals surface area contributed by atoms with Gasteiger partial charge in [0, 0.05) is 32.9 Å². The van der Waals surface area contributed by atoms with Gasteiger partial charge in [0.15, 0.2) is 0 Å². The van der Waals surface area contributed by atoms with Crippen molar-refractivity contribution in [1.29, 1.82) is 0 Å². The zero-order valence-corrected chi connectivity index (χ0v) is 20.0. The zero-order chi connectivity index (χ0) is 24.3. The van der Waals surface area contributed by atoms with Crippen LogP contribution in [0.25, 0.3) is 0 Å². The van der Waals surface area contributed by atoms with Gasteiger partial charge in [-0.2, -0.15) is 0 Å². The first kappa shape index (κ1) is 23.6. The minimum absolute atomic E-state index is 0.00212. The average molecular weight is 465 g/mol. The van der Waals surface area contributed by atoms with Gasteiger partial charge >= 0.3 is 6.03 Å². The van der Waals surface area contributed by atoms with E-state index in [1.807, 2.05) is 12.2 Å². The fourth-order valence-electron chi connectivity index (χ4n) is 5.05. The van der Waals surface area contributed by atoms with E-state index in [2.05, 4.69) is 38.9 Å². The van der Waals surface area contributed by atoms with E-state index in [1.54, 1.807) is 27.1 Å². The second-order valence-corrected chi connectivity index (χ2v) is 9.49. The molecule has 4 rings (SSSR count). The molecule has 4 aliphatic rings. The topological polar surface area (TPSA) is 106 Å². The zero-order valence-electron chi connectivity index (χ0n) is 20.0. The van der Waals surface area contributed by atoms with Gasteiger partial charge in [0.1, 0.15) is 12.1 Å². The molecule has 0 spiro atoms. The fourth-order valence-corrected chi connectivity index (χ4v) is 5.05. The van der Waals surface area contributed by atoms with Crippen molar-refractivity contribution < 1.29 is 14.4 Å². The van der Waals surface area contributed by atoms with Gasteiger partial charge in [-0.05, 0) is 31.8 Å². The molecule has 1 fully saturated rings. The molecule has 1 saturated carbocycles. The first-order valence-electron chi connectivity index (χ1n) is 11.7. The number of carbonyl (C=O) groups is 3. The smallest absolute Gasteiger partial charge is 0.328 e. The van der Waals surface area contributed by atoms with E-state index in [0.29, 0.717) is 12.4 Å². The molecular weight excluding hydrogens is 432 g/mol. The van der Waals surface area contributed by atoms with Crippen molar-refractivity contribution in [2.45, 2.75) is 44.6 Å². The minimum atomic E-state index is -1.03. The summed E-state index contributed by atoms with van der Waals surface area (Å²) in [5.41, 5.74) is -0.199. The van der Waals surface area contributed by atoms with Crippen LogP contribution in [0, 0.1) is 23.2 Å². The molecule has 2 atom stereocenters. The molecule has 180 valence electrons. The number of nitrogens with zero attached hydrogens (tertiary/aromatic N) is 3. The highest BCUT2D eigenvalue weighted by atomic mass is 16.2. The van der Waals surface area contributed by atoms with Gasteiger partial charge in [0.25, 0.3) is 0 Å². The molecular formula is C25H32N6O3. The molecule has 0 aromatic heterocycles. The van der Waals surface area contributed by atoms with Crippen LogP contribution in [0.3, 0.4) is 0 Å². The summed E-state index contributed by atoms with van der Waals surface area (Å²) in [6.07, 6.45) is 13.7. The Hall–Kier alpha value is -3.54. The van der Waals surface area contributed by atoms with Gasteiger partial charge < -0.3 is 20.9 Å². The Labute approximate surface area is 200 Å². The van der Waals surface area contributed by atoms with E-state index in [1.165, 1.54) is 16.0 Å². The lowest BCUT2D eigenvalue weighted by atomic mass is 9.79. The van der Waals surface area contributed by atoms with Gasteiger partial charge in [-0.3, -0.25) is 14.5 Å². The summed E-state index contributed by atoms with van der Waals surface area (Å²) in [5, 5.41) is 9.01. The van der Waals surface area contributed by atoms with Crippen molar-refractivity contribution in [2.24, 2.45) is 16.3 Å². The van der Waals surface area contributed by atoms with Crippen molar-refractivity contribution in [3.8, 4) is 11.8 Å². The number of aliphatic imine (C=N–C) groups is 1. The normalized spacial score (nSPS) is 27.8. The summed E-state index contributed by atoms with van der Waals surface area (Å²) in [5.74, 6) is 5.87. The molecule has 2 aliphatic carbocycles. The average Bonchev–Trinajstić information content (AvgIpc) is 3.26. The lowest BCUT2D eigenvalue weighted by Crippen LogP contribution is -2.60. The quantitative estimate of drug-likeness (QED) is 0.536. The molecule has 4 amide bonds. The standard InChI is InChI=1S/C25H32N6O3/c1-24(11-6-7-14-27-21(24)33)16-31-17-28-22(30(3)23(31)34)29-25(12-4-5-13-25)19-10-8-9-18(15-19)20(32)26-2/h7-10,14,18H,4-5,12-13,15-17H2,1-3H3,(H,26,32)(H,27,33)(H,28,29). The third-order valence-electron chi connectivity index (χ3n) is 7.09. The third-order valence-corrected chi connectivity index (χ3v) is 7.09. The lowest BCUT2D eigenvalue weighted by Gasteiger charge is -2.41. The number of urea groups is 1. The highest BCUT2D eigenvalue weighted by molar-refractivity contribution is 5.98. The maximum atomic E-state index is 13.2. The number of guanidine groups is 1. The van der Waals surface area contributed by atoms with Crippen LogP contribution in [-0.2, 0) is 9.59 Å². The predicted octanol–water partition coefficient (Wildman–Crippen LogP) is 1.47. The second-order valence-electron chi connectivity index (χ2n) is 9.49. The fraction of sp³-hybridized carbons (Fsp3) is 0.520. The molecule has 2 unspecified atom stereocenters. The summed E-state index contributed by atoms with van der Waals surface area (Å²) >= 11 is 0. The summed E-state index contributed by atoms with van der Waals surface area (Å²) in [6, 6.07) is -0.237. The maximum absolute atomic E-state index is 13.2. The van der Waals surface area contributed by atoms with Gasteiger partial charge in [0.2, 0.25) is 17.8 Å². The van der Waals surface area contributed by atoms with Gasteiger partial charge in [-0.25, -0.2) is 9.79 Å². The Morgan fingerprint density at radius 3 is 2.82 bits per heavy atom. The Balaban J connectivity index is 1.51. The van der Waals surface area contributed by atoms with Gasteiger partial charge in [-0.15, -0.1) is 0 Å². The molecule has 9 heteroatoms. The SMILES string of the molecule is CNC(=O)C1C=CC=C(C2(NC3=NCN(CC4(C)C#CC=CNC4=O)C(=O)N3C)CCCC2)C1. The maximum Gasteiger partial charge on any atom is 0.328 e. The lowest BCUT2D eigenvalue weighted by molar-refractivity contribution is -0.127. The molecule has 0 aromatic rings. The number of amides is 4. The summed E-state index contributed by atoms with van der Waals surface area (Å²) in [6.45, 7) is 2.01. The molecule has 2 aliphatic heterocycles. The molecule has 9 nitrogen and oxygen atoms in total. The monoisotopic (exact) mass is 464 g/mol. The number of carbonyl (C=O) groups excluding carboxylic acids is 3. The molecule has 3 N–H and O–H groups in total. The van der Waals surface area contributed by atoms with E-state index in [0.717, 1.165) is 31.3 Å². The van der Waals surface area contributed by atoms with Crippen LogP contribution < -0.4 is 16.0 Å². The van der Waals surface area contributed by atoms with Crippen molar-refractivity contribution in [2.75, 3.05) is 27.3 Å². The summed E-state index contributed by atoms with van der Waals surface area (Å²) in [4.78, 5) is 45.7. The van der Waals surface area contributed by atoms with E-state index >= 15 is 0 Å². The molecule has 0 bridgehead atoms. The number of hydrogen-bond donors (Lipinski definition) is 3. The molecule has 34 heavy (non-hydrogen) atoms. The predicted molar refractivity (Wildman–Crippen MR) is 129 cm³/mol. The largest absolute Gasteiger partial charge is 0.359 e. The van der Waals surface area contributed by atoms with Gasteiger partial charge in [0.05, 0.1) is 11.5 Å². The van der Waals surface area contributed by atoms with E-state index in [-0.39, 0.29) is 42.5 Å². The number of nitrogens with one attached hydrogen (secondary N) is 3. The van der Waals surface area contributed by atoms with Crippen LogP contribution in [0.5, 0.6) is 0 Å². The number of rotatable bonds is 5. The van der Waals surface area contributed by atoms with Crippen molar-refractivity contribution in [3.05, 3.63) is 36.1 Å². The molecule has 0 aromatic carbocycles. The van der Waals surface area contributed by atoms with Gasteiger partial charge in [-0.1, -0.05) is 42.9 Å². The molecule has 0 saturated heterocycles. The van der Waals surface area contributed by atoms with Crippen molar-refractivity contribution in [1.82, 2.24) is 25.8 Å². The van der Waals surface area contributed by atoms with Crippen molar-refractivity contribution >= 4 is 23.8 Å². The van der Waals surface area contributed by atoms with E-state index < -0.39 is 5.41 Å². The minimum Gasteiger partial charge on any atom is -0.359 e. The Bertz CT molecular complexity index is 1060. The molecule has 0 radical (unpaired) electrons. The first-order chi connectivity index (χ1) is 16.3. The Morgan fingerprint density at radius 2 is 2.09 bits per heavy atom. The number of hydrogen-bond acceptors (Lipinski definition) is 5. The highest BCUT2D eigenvalue weighted by Crippen LogP contribution is 2.40. The number of allylic oxidation sites excluding steroid dienone is 3. The van der Waals surface area contributed by atoms with E-state index in [4.69, 9.17) is 0 Å². The van der Waals surface area contributed by atoms with Crippen LogP contribution in [0.15, 0.2) is 41.1 Å². The molecule has 2 heterocycles. The Kier molecular flexibility index (Phi) is 6.51. The van der Waals surface area contributed by atoms with Crippen molar-refractivity contribution in [3.63, 3.8) is 0 Å². The summed E-state index contributed by atoms with van der Waals surface area (Å²) in [7, 11) is 3.34. The second kappa shape index (κ2) is 9.37. The van der Waals surface area contributed by atoms with Crippen LogP contribution >= 0.6 is 0 Å².